The monoisotopic (exact) mass is 1090 g/mol. The van der Waals surface area contributed by atoms with E-state index in [0.717, 1.165) is 47.5 Å². The molecule has 0 aliphatic rings. The second kappa shape index (κ2) is 42.7. The van der Waals surface area contributed by atoms with Crippen molar-refractivity contribution < 1.29 is 64.1 Å². The smallest absolute Gasteiger partial charge is 0.338 e. The number of aldehydes is 1. The number of para-hydroxylation sites is 1. The number of phenols is 2. The Labute approximate surface area is 455 Å². The summed E-state index contributed by atoms with van der Waals surface area (Å²) in [5, 5.41) is 61.2. The molecule has 3 unspecified atom stereocenters. The van der Waals surface area contributed by atoms with Gasteiger partial charge in [-0.05, 0) is 78.8 Å². The molecule has 428 valence electrons. The molecule has 5 aromatic rings. The van der Waals surface area contributed by atoms with E-state index in [9.17, 15) is 43.5 Å². The molecule has 1 aromatic heterocycles. The molecule has 0 spiro atoms. The van der Waals surface area contributed by atoms with Gasteiger partial charge in [0.05, 0.1) is 19.1 Å². The number of aliphatic hydroxyl groups is 1. The number of H-pyrrole nitrogens is 1. The lowest BCUT2D eigenvalue weighted by Crippen LogP contribution is -2.57. The van der Waals surface area contributed by atoms with Crippen molar-refractivity contribution in [1.82, 2.24) is 53.2 Å². The second-order valence-corrected chi connectivity index (χ2v) is 16.6. The number of hydrogen-bond acceptors (Lipinski definition) is 13. The largest absolute Gasteiger partial charge is 0.508 e. The van der Waals surface area contributed by atoms with Gasteiger partial charge in [0, 0.05) is 49.6 Å². The van der Waals surface area contributed by atoms with E-state index in [0.29, 0.717) is 37.6 Å². The Kier molecular flexibility index (Phi) is 38.0. The Bertz CT molecular complexity index is 2480. The van der Waals surface area contributed by atoms with Gasteiger partial charge in [0.2, 0.25) is 30.0 Å². The standard InChI is InChI=1S/C32H36N6O6.C12H14N2O4.C5H12N2O2.C3H8.C2H6.CH4O/c1-20(15-23-18-33-26-10-6-5-9-25(23)26)35-30(41)28(16-21-7-3-2-4-8-21)37-31(42)27(17-22-11-13-24(39)14-12-22)36-29(40)19-34-32(43)38-44;15-7-10(14-12(18)6-13-8-16)5-9-1-3-11(17)4-2-9;1-2-3-4-6-5(8)7-9;1-3-2;2*1-2/h2-14,18,20,27-28,33,39,44H,15-17,19H2,1H3,(H,35,41)(H,36,40)(H,37,42)(H2,34,38,43);1-4,7-8,10,17H,5-6H2,(H,13,16)(H,14,18);9H,2-4H2,1H3,(H2,6,7,8);3H2,1-2H3;1-2H3;2H,1H3/t20?,27?,28-;;;;;/m0...../s1. The molecule has 0 bridgehead atoms. The third-order valence-electron chi connectivity index (χ3n) is 10.2. The summed E-state index contributed by atoms with van der Waals surface area (Å²) < 4.78 is 0. The van der Waals surface area contributed by atoms with Crippen LogP contribution in [0.3, 0.4) is 0 Å². The summed E-state index contributed by atoms with van der Waals surface area (Å²) in [6.45, 7) is 12.1. The number of hydroxylamine groups is 2. The number of urea groups is 2. The van der Waals surface area contributed by atoms with E-state index in [4.69, 9.17) is 20.6 Å². The minimum atomic E-state index is -1.12. The quantitative estimate of drug-likeness (QED) is 0.0191. The van der Waals surface area contributed by atoms with Crippen molar-refractivity contribution in [1.29, 1.82) is 0 Å². The summed E-state index contributed by atoms with van der Waals surface area (Å²) >= 11 is 0. The SMILES string of the molecule is CC.CC(Cc1c[nH]c2ccccc12)NC(=O)[C@H](Cc1ccccc1)NC(=O)C(Cc1ccc(O)cc1)NC(=O)CNC(=O)NO.CCC.CCCCNC(=O)NO.CO.O=CNCC(=O)NC(C=O)Cc1ccc(O)cc1. The second-order valence-electron chi connectivity index (χ2n) is 16.6. The van der Waals surface area contributed by atoms with E-state index in [-0.39, 0.29) is 42.8 Å². The summed E-state index contributed by atoms with van der Waals surface area (Å²) in [6, 6.07) is 25.1. The van der Waals surface area contributed by atoms with Crippen LogP contribution in [0.25, 0.3) is 10.9 Å². The molecule has 0 fully saturated rings. The number of phenolic OH excluding ortho intramolecular Hbond substituents is 2. The highest BCUT2D eigenvalue weighted by atomic mass is 16.5. The fraction of sp³-hybridized carbons (Fsp3) is 0.382. The van der Waals surface area contributed by atoms with Crippen LogP contribution in [-0.2, 0) is 54.5 Å². The van der Waals surface area contributed by atoms with E-state index in [1.165, 1.54) is 41.6 Å². The van der Waals surface area contributed by atoms with Crippen LogP contribution in [-0.4, -0.2) is 130 Å². The number of rotatable bonds is 23. The van der Waals surface area contributed by atoms with Crippen LogP contribution >= 0.6 is 0 Å². The number of fused-ring (bicyclic) bond motifs is 1. The normalized spacial score (nSPS) is 11.3. The number of carbonyl (C=O) groups is 8. The first-order valence-corrected chi connectivity index (χ1v) is 25.4. The minimum Gasteiger partial charge on any atom is -0.508 e. The Morgan fingerprint density at radius 2 is 1.08 bits per heavy atom. The Hall–Kier alpha value is -8.54. The van der Waals surface area contributed by atoms with E-state index >= 15 is 0 Å². The highest BCUT2D eigenvalue weighted by molar-refractivity contribution is 5.93. The topological polar surface area (TPSA) is 362 Å². The molecule has 23 nitrogen and oxygen atoms in total. The number of nitrogens with one attached hydrogen (secondary N) is 10. The average molecular weight is 1090 g/mol. The molecule has 0 aliphatic carbocycles. The van der Waals surface area contributed by atoms with Crippen LogP contribution in [0.1, 0.15) is 83.1 Å². The maximum absolute atomic E-state index is 13.6. The average Bonchev–Trinajstić information content (AvgIpc) is 3.86. The zero-order valence-corrected chi connectivity index (χ0v) is 45.4. The van der Waals surface area contributed by atoms with E-state index < -0.39 is 54.5 Å². The maximum Gasteiger partial charge on any atom is 0.338 e. The van der Waals surface area contributed by atoms with Crippen LogP contribution in [0.15, 0.2) is 109 Å². The van der Waals surface area contributed by atoms with Gasteiger partial charge in [-0.15, -0.1) is 0 Å². The molecule has 0 saturated heterocycles. The van der Waals surface area contributed by atoms with E-state index in [2.05, 4.69) is 56.0 Å². The molecule has 78 heavy (non-hydrogen) atoms. The Morgan fingerprint density at radius 3 is 1.62 bits per heavy atom. The molecule has 15 N–H and O–H groups in total. The number of aromatic nitrogens is 1. The lowest BCUT2D eigenvalue weighted by molar-refractivity contribution is -0.132. The van der Waals surface area contributed by atoms with Crippen molar-refractivity contribution in [2.45, 2.75) is 111 Å². The van der Waals surface area contributed by atoms with E-state index in [1.54, 1.807) is 24.3 Å². The molecule has 1 heterocycles. The zero-order valence-electron chi connectivity index (χ0n) is 45.4. The van der Waals surface area contributed by atoms with Gasteiger partial charge in [-0.25, -0.2) is 20.5 Å². The molecule has 0 radical (unpaired) electrons. The molecule has 9 amide bonds. The lowest BCUT2D eigenvalue weighted by Gasteiger charge is -2.25. The molecule has 5 rings (SSSR count). The number of aliphatic hydroxyl groups excluding tert-OH is 1. The number of benzene rings is 4. The molecule has 23 heteroatoms. The number of aromatic hydroxyl groups is 2. The Balaban J connectivity index is 0.00000143. The van der Waals surface area contributed by atoms with E-state index in [1.807, 2.05) is 88.5 Å². The van der Waals surface area contributed by atoms with Gasteiger partial charge in [-0.2, -0.15) is 0 Å². The van der Waals surface area contributed by atoms with Gasteiger partial charge >= 0.3 is 12.1 Å². The first-order chi connectivity index (χ1) is 37.6. The van der Waals surface area contributed by atoms with Crippen molar-refractivity contribution in [2.75, 3.05) is 26.7 Å². The van der Waals surface area contributed by atoms with Gasteiger partial charge in [-0.3, -0.25) is 34.4 Å². The van der Waals surface area contributed by atoms with Gasteiger partial charge in [-0.1, -0.05) is 120 Å². The fourth-order valence-corrected chi connectivity index (χ4v) is 6.71. The molecule has 4 aromatic carbocycles. The Morgan fingerprint density at radius 1 is 0.590 bits per heavy atom. The van der Waals surface area contributed by atoms with Crippen molar-refractivity contribution in [3.05, 3.63) is 132 Å². The number of aromatic amines is 1. The summed E-state index contributed by atoms with van der Waals surface area (Å²) in [4.78, 5) is 96.7. The maximum atomic E-state index is 13.6. The lowest BCUT2D eigenvalue weighted by atomic mass is 10.0. The molecule has 0 aliphatic heterocycles. The van der Waals surface area contributed by atoms with Crippen molar-refractivity contribution in [3.8, 4) is 11.5 Å². The van der Waals surface area contributed by atoms with Gasteiger partial charge in [0.1, 0.15) is 29.9 Å². The number of amides is 9. The molecule has 0 saturated carbocycles. The van der Waals surface area contributed by atoms with Crippen LogP contribution in [0, 0.1) is 0 Å². The van der Waals surface area contributed by atoms with Crippen molar-refractivity contribution >= 4 is 59.3 Å². The van der Waals surface area contributed by atoms with Crippen molar-refractivity contribution in [3.63, 3.8) is 0 Å². The third-order valence-corrected chi connectivity index (χ3v) is 10.2. The highest BCUT2D eigenvalue weighted by Crippen LogP contribution is 2.19. The van der Waals surface area contributed by atoms with Gasteiger partial charge < -0.3 is 62.3 Å². The van der Waals surface area contributed by atoms with Crippen LogP contribution in [0.5, 0.6) is 11.5 Å². The summed E-state index contributed by atoms with van der Waals surface area (Å²) in [5.41, 5.74) is 7.17. The highest BCUT2D eigenvalue weighted by Gasteiger charge is 2.28. The van der Waals surface area contributed by atoms with Crippen molar-refractivity contribution in [2.24, 2.45) is 0 Å². The molecular weight excluding hydrogens is 1010 g/mol. The molecule has 4 atom stereocenters. The zero-order chi connectivity index (χ0) is 58.7. The number of unbranched alkanes of at least 4 members (excludes halogenated alkanes) is 1. The van der Waals surface area contributed by atoms with Gasteiger partial charge in [0.25, 0.3) is 0 Å². The first-order valence-electron chi connectivity index (χ1n) is 25.4. The minimum absolute atomic E-state index is 0.0411. The number of carbonyl (C=O) groups excluding carboxylic acids is 8. The van der Waals surface area contributed by atoms with Crippen LogP contribution in [0.4, 0.5) is 9.59 Å². The fourth-order valence-electron chi connectivity index (χ4n) is 6.71. The first kappa shape index (κ1) is 69.5. The van der Waals surface area contributed by atoms with Crippen LogP contribution in [0.2, 0.25) is 0 Å². The third kappa shape index (κ3) is 30.1. The molecular formula is C55H80N10O13. The summed E-state index contributed by atoms with van der Waals surface area (Å²) in [5.74, 6) is -1.94. The van der Waals surface area contributed by atoms with Gasteiger partial charge in [0.15, 0.2) is 0 Å². The summed E-state index contributed by atoms with van der Waals surface area (Å²) in [7, 11) is 1.00. The predicted molar refractivity (Wildman–Crippen MR) is 296 cm³/mol. The summed E-state index contributed by atoms with van der Waals surface area (Å²) in [6.07, 6.45) is 7.33. The van der Waals surface area contributed by atoms with Crippen LogP contribution < -0.4 is 48.2 Å². The number of hydrogen-bond donors (Lipinski definition) is 15. The predicted octanol–water partition coefficient (Wildman–Crippen LogP) is 3.95.